The molecule has 0 aliphatic heterocycles. The highest BCUT2D eigenvalue weighted by Gasteiger charge is 2.48. The standard InChI is InChI=1S/C64H47NO/c1-63(2)55-30-13-10-28-53(55)62-52(29-18-32-58(62)63)49-26-11-15-33-59(49)65(46-24-17-19-42(39-46)43-35-37-51-50-27-12-16-34-60(50)66-61(51)40-43)47-36-38-57-54(41-47)48-25-9-14-31-56(48)64(57,44-20-5-3-6-21-44)45-22-7-4-8-23-45/h3-40,47H,41H2,1-2H3. The van der Waals surface area contributed by atoms with Gasteiger partial charge >= 0.3 is 0 Å². The molecule has 13 rings (SSSR count). The molecule has 1 unspecified atom stereocenters. The van der Waals surface area contributed by atoms with E-state index in [1.807, 2.05) is 6.07 Å². The fourth-order valence-electron chi connectivity index (χ4n) is 12.0. The molecule has 1 atom stereocenters. The highest BCUT2D eigenvalue weighted by atomic mass is 16.3. The van der Waals surface area contributed by atoms with Gasteiger partial charge in [-0.15, -0.1) is 0 Å². The summed E-state index contributed by atoms with van der Waals surface area (Å²) >= 11 is 0. The van der Waals surface area contributed by atoms with E-state index in [0.717, 1.165) is 45.2 Å². The number of fused-ring (bicyclic) bond motifs is 8. The summed E-state index contributed by atoms with van der Waals surface area (Å²) in [5.74, 6) is 0. The van der Waals surface area contributed by atoms with Gasteiger partial charge in [0, 0.05) is 33.1 Å². The van der Waals surface area contributed by atoms with Crippen molar-refractivity contribution in [2.24, 2.45) is 0 Å². The van der Waals surface area contributed by atoms with Crippen molar-refractivity contribution >= 4 is 38.9 Å². The van der Waals surface area contributed by atoms with Crippen LogP contribution in [0.15, 0.2) is 241 Å². The van der Waals surface area contributed by atoms with E-state index in [9.17, 15) is 0 Å². The van der Waals surface area contributed by atoms with E-state index in [1.165, 1.54) is 72.5 Å². The van der Waals surface area contributed by atoms with Crippen LogP contribution in [0.2, 0.25) is 0 Å². The number of nitrogens with zero attached hydrogens (tertiary/aromatic N) is 1. The second-order valence-corrected chi connectivity index (χ2v) is 18.7. The number of benzene rings is 9. The van der Waals surface area contributed by atoms with Crippen molar-refractivity contribution in [3.63, 3.8) is 0 Å². The Labute approximate surface area is 386 Å². The van der Waals surface area contributed by atoms with Gasteiger partial charge < -0.3 is 9.32 Å². The predicted octanol–water partition coefficient (Wildman–Crippen LogP) is 16.5. The van der Waals surface area contributed by atoms with Gasteiger partial charge in [-0.25, -0.2) is 0 Å². The Hall–Kier alpha value is -7.94. The zero-order valence-electron chi connectivity index (χ0n) is 37.1. The Balaban J connectivity index is 1.01. The third kappa shape index (κ3) is 5.61. The topological polar surface area (TPSA) is 16.4 Å². The molecule has 10 aromatic rings. The summed E-state index contributed by atoms with van der Waals surface area (Å²) in [7, 11) is 0. The largest absolute Gasteiger partial charge is 0.456 e. The predicted molar refractivity (Wildman–Crippen MR) is 274 cm³/mol. The molecule has 0 N–H and O–H groups in total. The maximum atomic E-state index is 6.42. The molecule has 0 saturated heterocycles. The van der Waals surface area contributed by atoms with Crippen LogP contribution in [0, 0.1) is 0 Å². The molecule has 0 amide bonds. The SMILES string of the molecule is CC1(C)c2ccccc2-c2c(-c3ccccc3N(c3cccc(-c4ccc5c(c4)oc4ccccc45)c3)C3C=CC4=C(C3)c3ccccc3C4(c3ccccc3)c3ccccc3)cccc21. The summed E-state index contributed by atoms with van der Waals surface area (Å²) in [5.41, 5.74) is 21.7. The lowest BCUT2D eigenvalue weighted by molar-refractivity contribution is 0.660. The molecule has 0 saturated carbocycles. The van der Waals surface area contributed by atoms with Crippen LogP contribution in [-0.2, 0) is 10.8 Å². The molecule has 2 heteroatoms. The van der Waals surface area contributed by atoms with Gasteiger partial charge in [0.25, 0.3) is 0 Å². The molecule has 0 spiro atoms. The number of furan rings is 1. The second kappa shape index (κ2) is 14.8. The first-order valence-electron chi connectivity index (χ1n) is 23.3. The Morgan fingerprint density at radius 3 is 1.88 bits per heavy atom. The average Bonchev–Trinajstić information content (AvgIpc) is 3.98. The number of rotatable bonds is 7. The lowest BCUT2D eigenvalue weighted by Crippen LogP contribution is -2.33. The van der Waals surface area contributed by atoms with Gasteiger partial charge in [0.05, 0.1) is 11.5 Å². The third-order valence-electron chi connectivity index (χ3n) is 14.9. The Morgan fingerprint density at radius 2 is 1.08 bits per heavy atom. The average molecular weight is 846 g/mol. The first kappa shape index (κ1) is 38.5. The summed E-state index contributed by atoms with van der Waals surface area (Å²) in [6.07, 6.45) is 5.79. The van der Waals surface area contributed by atoms with Gasteiger partial charge in [0.15, 0.2) is 0 Å². The first-order chi connectivity index (χ1) is 32.5. The molecule has 3 aliphatic carbocycles. The van der Waals surface area contributed by atoms with E-state index in [4.69, 9.17) is 4.42 Å². The van der Waals surface area contributed by atoms with Crippen molar-refractivity contribution in [3.8, 4) is 33.4 Å². The minimum absolute atomic E-state index is 0.00565. The van der Waals surface area contributed by atoms with E-state index < -0.39 is 5.41 Å². The quantitative estimate of drug-likeness (QED) is 0.159. The van der Waals surface area contributed by atoms with Gasteiger partial charge in [-0.2, -0.15) is 0 Å². The van der Waals surface area contributed by atoms with E-state index in [-0.39, 0.29) is 11.5 Å². The molecule has 0 bridgehead atoms. The lowest BCUT2D eigenvalue weighted by atomic mass is 9.66. The van der Waals surface area contributed by atoms with Crippen LogP contribution in [0.25, 0.3) is 60.9 Å². The number of anilines is 2. The second-order valence-electron chi connectivity index (χ2n) is 18.7. The summed E-state index contributed by atoms with van der Waals surface area (Å²) in [6.45, 7) is 4.74. The van der Waals surface area contributed by atoms with Crippen LogP contribution in [-0.4, -0.2) is 6.04 Å². The maximum absolute atomic E-state index is 6.42. The van der Waals surface area contributed by atoms with E-state index in [2.05, 4.69) is 243 Å². The molecule has 314 valence electrons. The first-order valence-corrected chi connectivity index (χ1v) is 23.3. The van der Waals surface area contributed by atoms with Gasteiger partial charge in [0.1, 0.15) is 11.2 Å². The summed E-state index contributed by atoms with van der Waals surface area (Å²) in [5, 5.41) is 2.28. The minimum Gasteiger partial charge on any atom is -0.456 e. The monoisotopic (exact) mass is 845 g/mol. The Bertz CT molecular complexity index is 3570. The molecule has 0 radical (unpaired) electrons. The molecule has 9 aromatic carbocycles. The van der Waals surface area contributed by atoms with Crippen LogP contribution in [0.1, 0.15) is 53.6 Å². The van der Waals surface area contributed by atoms with Crippen LogP contribution >= 0.6 is 0 Å². The Kier molecular flexibility index (Phi) is 8.64. The molecule has 1 aromatic heterocycles. The van der Waals surface area contributed by atoms with Crippen LogP contribution < -0.4 is 4.90 Å². The smallest absolute Gasteiger partial charge is 0.136 e. The Morgan fingerprint density at radius 1 is 0.470 bits per heavy atom. The normalized spacial score (nSPS) is 16.2. The summed E-state index contributed by atoms with van der Waals surface area (Å²) < 4.78 is 6.42. The summed E-state index contributed by atoms with van der Waals surface area (Å²) in [4.78, 5) is 2.62. The van der Waals surface area contributed by atoms with Crippen LogP contribution in [0.3, 0.4) is 0 Å². The third-order valence-corrected chi connectivity index (χ3v) is 14.9. The highest BCUT2D eigenvalue weighted by molar-refractivity contribution is 6.06. The van der Waals surface area contributed by atoms with E-state index in [1.54, 1.807) is 0 Å². The van der Waals surface area contributed by atoms with Crippen LogP contribution in [0.5, 0.6) is 0 Å². The fraction of sp³-hybridized carbons (Fsp3) is 0.0938. The van der Waals surface area contributed by atoms with Crippen molar-refractivity contribution < 1.29 is 4.42 Å². The number of hydrogen-bond acceptors (Lipinski definition) is 2. The number of allylic oxidation sites excluding steroid dienone is 2. The van der Waals surface area contributed by atoms with Gasteiger partial charge in [0.2, 0.25) is 0 Å². The zero-order chi connectivity index (χ0) is 44.0. The molecule has 1 heterocycles. The van der Waals surface area contributed by atoms with Crippen molar-refractivity contribution in [3.05, 3.63) is 269 Å². The molecular formula is C64H47NO. The number of hydrogen-bond donors (Lipinski definition) is 0. The van der Waals surface area contributed by atoms with Crippen molar-refractivity contribution in [1.29, 1.82) is 0 Å². The molecular weight excluding hydrogens is 799 g/mol. The van der Waals surface area contributed by atoms with Crippen LogP contribution in [0.4, 0.5) is 11.4 Å². The molecule has 0 fully saturated rings. The van der Waals surface area contributed by atoms with Crippen molar-refractivity contribution in [2.75, 3.05) is 4.90 Å². The molecule has 3 aliphatic rings. The lowest BCUT2D eigenvalue weighted by Gasteiger charge is -2.38. The minimum atomic E-state index is -0.446. The highest BCUT2D eigenvalue weighted by Crippen LogP contribution is 2.58. The molecule has 2 nitrogen and oxygen atoms in total. The molecule has 66 heavy (non-hydrogen) atoms. The van der Waals surface area contributed by atoms with Crippen molar-refractivity contribution in [2.45, 2.75) is 37.1 Å². The summed E-state index contributed by atoms with van der Waals surface area (Å²) in [6, 6.07) is 80.6. The zero-order valence-corrected chi connectivity index (χ0v) is 37.1. The fourth-order valence-corrected chi connectivity index (χ4v) is 12.0. The van der Waals surface area contributed by atoms with Gasteiger partial charge in [-0.05, 0) is 115 Å². The van der Waals surface area contributed by atoms with Crippen molar-refractivity contribution in [1.82, 2.24) is 0 Å². The van der Waals surface area contributed by atoms with Gasteiger partial charge in [-0.1, -0.05) is 208 Å². The van der Waals surface area contributed by atoms with E-state index in [0.29, 0.717) is 0 Å². The maximum Gasteiger partial charge on any atom is 0.136 e. The van der Waals surface area contributed by atoms with Gasteiger partial charge in [-0.3, -0.25) is 0 Å². The van der Waals surface area contributed by atoms with E-state index >= 15 is 0 Å². The number of para-hydroxylation sites is 2.